The first-order valence-electron chi connectivity index (χ1n) is 17.2. The van der Waals surface area contributed by atoms with E-state index in [4.69, 9.17) is 9.16 Å². The van der Waals surface area contributed by atoms with Gasteiger partial charge in [-0.25, -0.2) is 15.0 Å². The number of hydrogen-bond donors (Lipinski definition) is 1. The Bertz CT molecular complexity index is 1310. The summed E-state index contributed by atoms with van der Waals surface area (Å²) in [6, 6.07) is 8.89. The van der Waals surface area contributed by atoms with Gasteiger partial charge in [0.25, 0.3) is 5.91 Å². The molecule has 1 fully saturated rings. The van der Waals surface area contributed by atoms with Gasteiger partial charge in [0, 0.05) is 12.0 Å². The van der Waals surface area contributed by atoms with Gasteiger partial charge >= 0.3 is 92.4 Å². The van der Waals surface area contributed by atoms with Crippen LogP contribution in [-0.2, 0) is 9.16 Å². The molecule has 0 radical (unpaired) electrons. The number of hydrogen-bond acceptors (Lipinski definition) is 7. The molecule has 1 aliphatic rings. The number of unbranched alkanes of at least 4 members (excludes halogenated alkanes) is 3. The fourth-order valence-corrected chi connectivity index (χ4v) is 16.1. The minimum absolute atomic E-state index is 0.0271. The van der Waals surface area contributed by atoms with Crippen molar-refractivity contribution in [3.8, 4) is 0 Å². The Balaban J connectivity index is 0.000000376. The van der Waals surface area contributed by atoms with Crippen molar-refractivity contribution in [1.82, 2.24) is 19.5 Å². The maximum atomic E-state index is 12.6. The topological polar surface area (TPSA) is 114 Å². The Morgan fingerprint density at radius 1 is 1.02 bits per heavy atom. The van der Waals surface area contributed by atoms with Crippen molar-refractivity contribution in [2.45, 2.75) is 136 Å². The van der Waals surface area contributed by atoms with Gasteiger partial charge in [0.15, 0.2) is 25.3 Å². The molecule has 0 saturated carbocycles. The molecule has 9 nitrogen and oxygen atoms in total. The van der Waals surface area contributed by atoms with E-state index in [1.807, 2.05) is 6.07 Å². The van der Waals surface area contributed by atoms with Gasteiger partial charge in [0.2, 0.25) is 0 Å². The van der Waals surface area contributed by atoms with Crippen LogP contribution in [0.4, 0.5) is 5.82 Å². The van der Waals surface area contributed by atoms with Crippen LogP contribution >= 0.6 is 0 Å². The molecule has 3 atom stereocenters. The van der Waals surface area contributed by atoms with Crippen LogP contribution in [-0.4, -0.2) is 72.3 Å². The number of carbonyl (C=O) groups excluding carboxylic acids is 1. The number of nitrogens with zero attached hydrogens (tertiary/aromatic N) is 4. The minimum atomic E-state index is -2.07. The molecule has 1 aliphatic heterocycles. The number of benzene rings is 1. The van der Waals surface area contributed by atoms with Gasteiger partial charge in [0.1, 0.15) is 12.6 Å². The van der Waals surface area contributed by atoms with E-state index in [0.717, 1.165) is 0 Å². The van der Waals surface area contributed by atoms with Gasteiger partial charge < -0.3 is 19.6 Å². The molecule has 0 aliphatic carbocycles. The molecule has 0 spiro atoms. The zero-order chi connectivity index (χ0) is 33.7. The van der Waals surface area contributed by atoms with E-state index in [-0.39, 0.29) is 23.7 Å². The summed E-state index contributed by atoms with van der Waals surface area (Å²) in [6.45, 7) is 17.5. The van der Waals surface area contributed by atoms with Crippen molar-refractivity contribution >= 4 is 51.0 Å². The molecule has 46 heavy (non-hydrogen) atoms. The number of imidazole rings is 1. The van der Waals surface area contributed by atoms with Crippen molar-refractivity contribution in [3.63, 3.8) is 0 Å². The summed E-state index contributed by atoms with van der Waals surface area (Å²) >= 11 is -0.839. The van der Waals surface area contributed by atoms with Crippen molar-refractivity contribution in [1.29, 1.82) is 0 Å². The van der Waals surface area contributed by atoms with E-state index in [1.165, 1.54) is 44.9 Å². The van der Waals surface area contributed by atoms with E-state index in [2.05, 4.69) is 74.9 Å². The van der Waals surface area contributed by atoms with Crippen LogP contribution in [0.25, 0.3) is 11.2 Å². The summed E-state index contributed by atoms with van der Waals surface area (Å²) in [5.41, 5.74) is 1.50. The van der Waals surface area contributed by atoms with E-state index >= 15 is 0 Å². The van der Waals surface area contributed by atoms with Crippen molar-refractivity contribution in [2.75, 3.05) is 11.9 Å². The molecule has 0 bridgehead atoms. The van der Waals surface area contributed by atoms with Crippen LogP contribution < -0.4 is 10.4 Å². The summed E-state index contributed by atoms with van der Waals surface area (Å²) in [5, 5.41) is 14.7. The fourth-order valence-electron chi connectivity index (χ4n) is 5.28. The van der Waals surface area contributed by atoms with Crippen LogP contribution in [0.3, 0.4) is 0 Å². The molecule has 2 aromatic heterocycles. The molecule has 3 aromatic rings. The van der Waals surface area contributed by atoms with Crippen molar-refractivity contribution in [3.05, 3.63) is 48.5 Å². The summed E-state index contributed by atoms with van der Waals surface area (Å²) in [5.74, 6) is 0.0385. The van der Waals surface area contributed by atoms with Gasteiger partial charge in [-0.15, -0.1) is 6.61 Å². The molecule has 0 unspecified atom stereocenters. The first-order valence-corrected chi connectivity index (χ1v) is 26.2. The van der Waals surface area contributed by atoms with Crippen LogP contribution in [0.2, 0.25) is 31.4 Å². The predicted molar refractivity (Wildman–Crippen MR) is 190 cm³/mol. The third kappa shape index (κ3) is 10.8. The Kier molecular flexibility index (Phi) is 15.6. The van der Waals surface area contributed by atoms with E-state index in [0.29, 0.717) is 29.0 Å². The van der Waals surface area contributed by atoms with Crippen LogP contribution in [0, 0.1) is 0 Å². The molecule has 3 heterocycles. The number of fused-ring (bicyclic) bond motifs is 1. The molecule has 1 N–H and O–H groups in total. The average molecular weight is 759 g/mol. The SMILES string of the molecule is CC(C)(C)[Si](C)(C)O[C@H]1C[C@H](n2cnc3c(NC(=O)c4ccccc4)ncnc32)O[C@@H]1C[O-].CCC[CH2][Sn+]([CH2]CCC)[CH2]CCC. The molecule has 1 amide bonds. The molecule has 11 heteroatoms. The number of rotatable bonds is 15. The molecular formula is C35H57N5O4SiSn. The molecule has 254 valence electrons. The van der Waals surface area contributed by atoms with E-state index in [9.17, 15) is 9.90 Å². The van der Waals surface area contributed by atoms with Gasteiger partial charge in [-0.1, -0.05) is 39.0 Å². The summed E-state index contributed by atoms with van der Waals surface area (Å²) < 4.78 is 19.4. The second-order valence-corrected chi connectivity index (χ2v) is 27.2. The van der Waals surface area contributed by atoms with Gasteiger partial charge in [-0.2, -0.15) is 0 Å². The zero-order valence-corrected chi connectivity index (χ0v) is 33.3. The predicted octanol–water partition coefficient (Wildman–Crippen LogP) is 8.00. The zero-order valence-electron chi connectivity index (χ0n) is 29.5. The van der Waals surface area contributed by atoms with E-state index in [1.54, 1.807) is 48.5 Å². The third-order valence-corrected chi connectivity index (χ3v) is 22.8. The Morgan fingerprint density at radius 2 is 1.63 bits per heavy atom. The second kappa shape index (κ2) is 18.6. The molecule has 1 aromatic carbocycles. The van der Waals surface area contributed by atoms with Gasteiger partial charge in [-0.3, -0.25) is 9.36 Å². The summed E-state index contributed by atoms with van der Waals surface area (Å²) in [4.78, 5) is 25.6. The van der Waals surface area contributed by atoms with Crippen LogP contribution in [0.1, 0.15) is 103 Å². The summed E-state index contributed by atoms with van der Waals surface area (Å²) in [6.07, 6.45) is 11.1. The number of amides is 1. The third-order valence-electron chi connectivity index (χ3n) is 9.19. The second-order valence-electron chi connectivity index (χ2n) is 13.9. The van der Waals surface area contributed by atoms with Gasteiger partial charge in [0.05, 0.1) is 18.5 Å². The number of nitrogens with one attached hydrogen (secondary N) is 1. The number of anilines is 1. The van der Waals surface area contributed by atoms with Crippen LogP contribution in [0.5, 0.6) is 0 Å². The number of aromatic nitrogens is 4. The summed E-state index contributed by atoms with van der Waals surface area (Å²) in [7, 11) is -2.07. The Labute approximate surface area is 285 Å². The number of ether oxygens (including phenoxy) is 1. The van der Waals surface area contributed by atoms with E-state index < -0.39 is 40.4 Å². The molecule has 4 rings (SSSR count). The van der Waals surface area contributed by atoms with Gasteiger partial charge in [-0.05, 0) is 30.3 Å². The standard InChI is InChI=1S/C23H30N5O4Si.3C4H9.Sn/c1-23(2,3)33(4,5)32-16-11-18(31-17(16)12-29)28-14-26-19-20(24-13-25-21(19)28)27-22(30)15-9-7-6-8-10-15;3*1-3-4-2;/h6-10,13-14,16-18H,11-12H2,1-5H3,(H,24,25,27,30);3*1,3-4H2,2H3;/q-1;;;;+1/t16-,17+,18+;;;;/m0..../s1. The quantitative estimate of drug-likeness (QED) is 0.156. The Morgan fingerprint density at radius 3 is 2.17 bits per heavy atom. The van der Waals surface area contributed by atoms with Crippen molar-refractivity contribution < 1.29 is 19.1 Å². The maximum absolute atomic E-state index is 12.6. The average Bonchev–Trinajstić information content (AvgIpc) is 3.65. The van der Waals surface area contributed by atoms with Crippen LogP contribution in [0.15, 0.2) is 43.0 Å². The fraction of sp³-hybridized carbons (Fsp3) is 0.657. The first kappa shape index (κ1) is 38.6. The number of carbonyl (C=O) groups is 1. The monoisotopic (exact) mass is 759 g/mol. The normalized spacial score (nSPS) is 18.3. The Hall–Kier alpha value is -1.86. The molecule has 1 saturated heterocycles. The van der Waals surface area contributed by atoms with Crippen molar-refractivity contribution in [2.24, 2.45) is 0 Å². The first-order chi connectivity index (χ1) is 21.9. The molecular weight excluding hydrogens is 701 g/mol.